The molecule has 1 aromatic rings. The second-order valence-electron chi connectivity index (χ2n) is 4.20. The predicted octanol–water partition coefficient (Wildman–Crippen LogP) is 3.21. The van der Waals surface area contributed by atoms with Crippen molar-refractivity contribution in [2.24, 2.45) is 0 Å². The molecule has 0 aliphatic carbocycles. The van der Waals surface area contributed by atoms with Crippen LogP contribution in [-0.4, -0.2) is 42.8 Å². The van der Waals surface area contributed by atoms with Crippen LogP contribution in [0.15, 0.2) is 18.2 Å². The highest BCUT2D eigenvalue weighted by molar-refractivity contribution is 9.09. The van der Waals surface area contributed by atoms with Gasteiger partial charge < -0.3 is 14.2 Å². The Hall–Kier alpha value is -1.27. The van der Waals surface area contributed by atoms with Gasteiger partial charge in [0.1, 0.15) is 11.5 Å². The summed E-state index contributed by atoms with van der Waals surface area (Å²) in [5.74, 6) is 0.766. The molecule has 5 nitrogen and oxygen atoms in total. The van der Waals surface area contributed by atoms with Crippen molar-refractivity contribution >= 4 is 39.3 Å². The molecule has 0 bridgehead atoms. The zero-order chi connectivity index (χ0) is 16.4. The molecule has 0 spiro atoms. The molecular formula is C15H18BrClO5. The Labute approximate surface area is 143 Å². The molecular weight excluding hydrogens is 376 g/mol. The smallest absolute Gasteiger partial charge is 0.344 e. The lowest BCUT2D eigenvalue weighted by molar-refractivity contribution is -0.145. The predicted molar refractivity (Wildman–Crippen MR) is 87.5 cm³/mol. The second kappa shape index (κ2) is 10.5. The number of ketones is 1. The van der Waals surface area contributed by atoms with E-state index in [1.807, 2.05) is 0 Å². The van der Waals surface area contributed by atoms with E-state index >= 15 is 0 Å². The molecule has 22 heavy (non-hydrogen) atoms. The summed E-state index contributed by atoms with van der Waals surface area (Å²) >= 11 is 8.75. The Balaban J connectivity index is 2.81. The maximum Gasteiger partial charge on any atom is 0.344 e. The van der Waals surface area contributed by atoms with Gasteiger partial charge in [-0.1, -0.05) is 15.9 Å². The van der Waals surface area contributed by atoms with Gasteiger partial charge in [-0.2, -0.15) is 0 Å². The highest BCUT2D eigenvalue weighted by Crippen LogP contribution is 2.26. The third-order valence-corrected chi connectivity index (χ3v) is 3.35. The normalized spacial score (nSPS) is 10.1. The van der Waals surface area contributed by atoms with Crippen molar-refractivity contribution in [3.8, 4) is 11.5 Å². The minimum Gasteiger partial charge on any atom is -0.493 e. The molecule has 0 amide bonds. The van der Waals surface area contributed by atoms with E-state index in [1.165, 1.54) is 0 Å². The number of halogens is 2. The third kappa shape index (κ3) is 6.23. The number of benzene rings is 1. The summed E-state index contributed by atoms with van der Waals surface area (Å²) in [6, 6.07) is 4.81. The van der Waals surface area contributed by atoms with Gasteiger partial charge in [0.25, 0.3) is 0 Å². The van der Waals surface area contributed by atoms with Gasteiger partial charge >= 0.3 is 5.97 Å². The lowest BCUT2D eigenvalue weighted by atomic mass is 10.1. The van der Waals surface area contributed by atoms with Crippen molar-refractivity contribution in [3.63, 3.8) is 0 Å². The minimum atomic E-state index is -0.451. The number of rotatable bonds is 10. The number of ether oxygens (including phenoxy) is 3. The number of alkyl halides is 2. The lowest BCUT2D eigenvalue weighted by Crippen LogP contribution is -2.15. The van der Waals surface area contributed by atoms with E-state index in [1.54, 1.807) is 25.1 Å². The van der Waals surface area contributed by atoms with E-state index < -0.39 is 5.97 Å². The van der Waals surface area contributed by atoms with Crippen molar-refractivity contribution in [2.75, 3.05) is 31.0 Å². The Kier molecular flexibility index (Phi) is 8.92. The molecule has 7 heteroatoms. The fraction of sp³-hybridized carbons (Fsp3) is 0.467. The molecule has 0 saturated carbocycles. The van der Waals surface area contributed by atoms with Gasteiger partial charge in [-0.05, 0) is 25.5 Å². The van der Waals surface area contributed by atoms with Crippen molar-refractivity contribution in [2.45, 2.75) is 13.3 Å². The molecule has 0 aromatic heterocycles. The van der Waals surface area contributed by atoms with Crippen molar-refractivity contribution in [1.29, 1.82) is 0 Å². The average Bonchev–Trinajstić information content (AvgIpc) is 2.53. The van der Waals surface area contributed by atoms with Crippen LogP contribution in [0.25, 0.3) is 0 Å². The minimum absolute atomic E-state index is 0.0992. The average molecular weight is 394 g/mol. The van der Waals surface area contributed by atoms with Gasteiger partial charge in [0.2, 0.25) is 0 Å². The molecule has 122 valence electrons. The Morgan fingerprint density at radius 3 is 2.68 bits per heavy atom. The first kappa shape index (κ1) is 18.8. The van der Waals surface area contributed by atoms with E-state index in [2.05, 4.69) is 15.9 Å². The molecule has 0 aliphatic heterocycles. The first-order valence-electron chi connectivity index (χ1n) is 6.82. The van der Waals surface area contributed by atoms with Crippen LogP contribution in [0.4, 0.5) is 0 Å². The van der Waals surface area contributed by atoms with E-state index in [0.717, 1.165) is 0 Å². The fourth-order valence-corrected chi connectivity index (χ4v) is 2.01. The van der Waals surface area contributed by atoms with Crippen LogP contribution in [-0.2, 0) is 9.53 Å². The Morgan fingerprint density at radius 1 is 1.27 bits per heavy atom. The maximum atomic E-state index is 11.9. The van der Waals surface area contributed by atoms with Gasteiger partial charge in [-0.3, -0.25) is 4.79 Å². The topological polar surface area (TPSA) is 61.8 Å². The molecule has 0 N–H and O–H groups in total. The van der Waals surface area contributed by atoms with Gasteiger partial charge in [-0.25, -0.2) is 4.79 Å². The molecule has 0 unspecified atom stereocenters. The molecule has 0 atom stereocenters. The zero-order valence-electron chi connectivity index (χ0n) is 12.3. The summed E-state index contributed by atoms with van der Waals surface area (Å²) in [4.78, 5) is 23.1. The molecule has 1 aromatic carbocycles. The van der Waals surface area contributed by atoms with E-state index in [0.29, 0.717) is 42.6 Å². The van der Waals surface area contributed by atoms with Crippen LogP contribution in [0.3, 0.4) is 0 Å². The van der Waals surface area contributed by atoms with Crippen LogP contribution in [0.2, 0.25) is 0 Å². The largest absolute Gasteiger partial charge is 0.493 e. The number of carbonyl (C=O) groups is 2. The summed E-state index contributed by atoms with van der Waals surface area (Å²) in [7, 11) is 0. The van der Waals surface area contributed by atoms with Crippen LogP contribution >= 0.6 is 27.5 Å². The summed E-state index contributed by atoms with van der Waals surface area (Å²) in [5.41, 5.74) is 0.454. The number of carbonyl (C=O) groups excluding carboxylic acids is 2. The summed E-state index contributed by atoms with van der Waals surface area (Å²) in [6.07, 6.45) is 0.664. The van der Waals surface area contributed by atoms with E-state index in [-0.39, 0.29) is 17.7 Å². The third-order valence-electron chi connectivity index (χ3n) is 2.57. The number of esters is 1. The molecule has 0 saturated heterocycles. The number of Topliss-reactive ketones (excluding diaryl/α,β-unsaturated/α-hetero) is 1. The number of hydrogen-bond donors (Lipinski definition) is 0. The monoisotopic (exact) mass is 392 g/mol. The van der Waals surface area contributed by atoms with Crippen LogP contribution in [0.1, 0.15) is 23.7 Å². The van der Waals surface area contributed by atoms with Gasteiger partial charge in [0.15, 0.2) is 12.4 Å². The zero-order valence-corrected chi connectivity index (χ0v) is 14.6. The Morgan fingerprint density at radius 2 is 2.05 bits per heavy atom. The first-order chi connectivity index (χ1) is 10.6. The van der Waals surface area contributed by atoms with Crippen molar-refractivity contribution < 1.29 is 23.8 Å². The van der Waals surface area contributed by atoms with Crippen LogP contribution < -0.4 is 9.47 Å². The quantitative estimate of drug-likeness (QED) is 0.264. The van der Waals surface area contributed by atoms with E-state index in [9.17, 15) is 9.59 Å². The SMILES string of the molecule is CCOC(=O)COc1ccc(C(=O)CBr)c(OCCCCl)c1. The van der Waals surface area contributed by atoms with Crippen molar-refractivity contribution in [1.82, 2.24) is 0 Å². The summed E-state index contributed by atoms with van der Waals surface area (Å²) in [6.45, 7) is 2.23. The fourth-order valence-electron chi connectivity index (χ4n) is 1.60. The van der Waals surface area contributed by atoms with Crippen LogP contribution in [0, 0.1) is 0 Å². The highest BCUT2D eigenvalue weighted by Gasteiger charge is 2.13. The molecule has 0 heterocycles. The molecule has 0 aliphatic rings. The van der Waals surface area contributed by atoms with Gasteiger partial charge in [-0.15, -0.1) is 11.6 Å². The van der Waals surface area contributed by atoms with Crippen LogP contribution in [0.5, 0.6) is 11.5 Å². The summed E-state index contributed by atoms with van der Waals surface area (Å²) < 4.78 is 15.7. The summed E-state index contributed by atoms with van der Waals surface area (Å²) in [5, 5.41) is 0.196. The first-order valence-corrected chi connectivity index (χ1v) is 8.48. The van der Waals surface area contributed by atoms with E-state index in [4.69, 9.17) is 25.8 Å². The number of hydrogen-bond acceptors (Lipinski definition) is 5. The highest BCUT2D eigenvalue weighted by atomic mass is 79.9. The van der Waals surface area contributed by atoms with Crippen molar-refractivity contribution in [3.05, 3.63) is 23.8 Å². The second-order valence-corrected chi connectivity index (χ2v) is 5.14. The van der Waals surface area contributed by atoms with Gasteiger partial charge in [0, 0.05) is 11.9 Å². The maximum absolute atomic E-state index is 11.9. The standard InChI is InChI=1S/C15H18BrClO5/c1-2-20-15(19)10-22-11-4-5-12(13(18)9-16)14(8-11)21-7-3-6-17/h4-5,8H,2-3,6-7,9-10H2,1H3. The molecule has 1 rings (SSSR count). The molecule has 0 fully saturated rings. The van der Waals surface area contributed by atoms with Gasteiger partial charge in [0.05, 0.1) is 24.1 Å². The Bertz CT molecular complexity index is 507. The lowest BCUT2D eigenvalue weighted by Gasteiger charge is -2.12. The molecule has 0 radical (unpaired) electrons.